The predicted octanol–water partition coefficient (Wildman–Crippen LogP) is 3.50. The molecule has 0 aromatic heterocycles. The predicted molar refractivity (Wildman–Crippen MR) is 93.4 cm³/mol. The Hall–Kier alpha value is -2.33. The average Bonchev–Trinajstić information content (AvgIpc) is 2.55. The summed E-state index contributed by atoms with van der Waals surface area (Å²) in [5.41, 5.74) is 8.70. The summed E-state index contributed by atoms with van der Waals surface area (Å²) >= 11 is 0. The van der Waals surface area contributed by atoms with E-state index in [9.17, 15) is 4.79 Å². The molecule has 23 heavy (non-hydrogen) atoms. The van der Waals surface area contributed by atoms with E-state index in [4.69, 9.17) is 10.5 Å². The highest BCUT2D eigenvalue weighted by Crippen LogP contribution is 2.21. The molecule has 0 saturated carbocycles. The van der Waals surface area contributed by atoms with E-state index in [0.717, 1.165) is 22.6 Å². The second-order valence-corrected chi connectivity index (χ2v) is 5.95. The Morgan fingerprint density at radius 2 is 1.83 bits per heavy atom. The molecule has 0 radical (unpaired) electrons. The number of carbonyl (C=O) groups excluding carboxylic acids is 1. The van der Waals surface area contributed by atoms with Crippen LogP contribution in [0.5, 0.6) is 5.75 Å². The quantitative estimate of drug-likeness (QED) is 0.858. The number of amides is 1. The molecule has 0 spiro atoms. The van der Waals surface area contributed by atoms with Crippen LogP contribution in [0.2, 0.25) is 0 Å². The minimum absolute atomic E-state index is 0.0971. The lowest BCUT2D eigenvalue weighted by Gasteiger charge is -2.18. The van der Waals surface area contributed by atoms with Gasteiger partial charge in [-0.2, -0.15) is 0 Å². The standard InChI is InChI=1S/C19H24N2O2/c1-13(2)18(20)19(22)21-17-11-7-8-15(14(17)3)12-23-16-9-5-4-6-10-16/h4-11,13,18H,12,20H2,1-3H3,(H,21,22)/t18-/m0/s1. The van der Waals surface area contributed by atoms with Crippen molar-refractivity contribution >= 4 is 11.6 Å². The van der Waals surface area contributed by atoms with Gasteiger partial charge in [-0.05, 0) is 42.2 Å². The number of nitrogens with one attached hydrogen (secondary N) is 1. The van der Waals surface area contributed by atoms with Gasteiger partial charge in [0.2, 0.25) is 5.91 Å². The normalized spacial score (nSPS) is 12.0. The van der Waals surface area contributed by atoms with Gasteiger partial charge in [-0.3, -0.25) is 4.79 Å². The third-order valence-electron chi connectivity index (χ3n) is 3.86. The molecule has 2 aromatic rings. The second kappa shape index (κ2) is 7.79. The summed E-state index contributed by atoms with van der Waals surface area (Å²) in [6.45, 7) is 6.29. The molecule has 0 bridgehead atoms. The van der Waals surface area contributed by atoms with E-state index < -0.39 is 6.04 Å². The van der Waals surface area contributed by atoms with Crippen molar-refractivity contribution in [3.05, 3.63) is 59.7 Å². The summed E-state index contributed by atoms with van der Waals surface area (Å²) in [5.74, 6) is 0.757. The van der Waals surface area contributed by atoms with E-state index in [1.807, 2.05) is 69.3 Å². The van der Waals surface area contributed by atoms with Crippen molar-refractivity contribution in [2.24, 2.45) is 11.7 Å². The number of anilines is 1. The summed E-state index contributed by atoms with van der Waals surface area (Å²) in [5, 5.41) is 2.91. The summed E-state index contributed by atoms with van der Waals surface area (Å²) in [4.78, 5) is 12.1. The van der Waals surface area contributed by atoms with Crippen molar-refractivity contribution in [2.45, 2.75) is 33.4 Å². The van der Waals surface area contributed by atoms with Crippen LogP contribution in [-0.4, -0.2) is 11.9 Å². The van der Waals surface area contributed by atoms with Crippen LogP contribution in [-0.2, 0) is 11.4 Å². The van der Waals surface area contributed by atoms with E-state index in [2.05, 4.69) is 5.32 Å². The van der Waals surface area contributed by atoms with Crippen molar-refractivity contribution in [3.8, 4) is 5.75 Å². The Morgan fingerprint density at radius 3 is 2.48 bits per heavy atom. The van der Waals surface area contributed by atoms with E-state index in [-0.39, 0.29) is 11.8 Å². The van der Waals surface area contributed by atoms with Gasteiger partial charge in [0, 0.05) is 5.69 Å². The van der Waals surface area contributed by atoms with Crippen molar-refractivity contribution in [3.63, 3.8) is 0 Å². The highest BCUT2D eigenvalue weighted by molar-refractivity contribution is 5.95. The molecule has 2 aromatic carbocycles. The SMILES string of the molecule is Cc1c(COc2ccccc2)cccc1NC(=O)[C@@H](N)C(C)C. The topological polar surface area (TPSA) is 64.3 Å². The van der Waals surface area contributed by atoms with Crippen molar-refractivity contribution in [1.82, 2.24) is 0 Å². The first kappa shape index (κ1) is 17.0. The molecule has 1 atom stereocenters. The maximum atomic E-state index is 12.1. The van der Waals surface area contributed by atoms with Gasteiger partial charge in [0.25, 0.3) is 0 Å². The molecular formula is C19H24N2O2. The van der Waals surface area contributed by atoms with Crippen LogP contribution in [0.25, 0.3) is 0 Å². The Morgan fingerprint density at radius 1 is 1.13 bits per heavy atom. The smallest absolute Gasteiger partial charge is 0.241 e. The van der Waals surface area contributed by atoms with E-state index in [1.54, 1.807) is 0 Å². The van der Waals surface area contributed by atoms with E-state index in [1.165, 1.54) is 0 Å². The Kier molecular flexibility index (Phi) is 5.77. The number of carbonyl (C=O) groups is 1. The molecule has 1 amide bonds. The van der Waals surface area contributed by atoms with Crippen LogP contribution in [0.3, 0.4) is 0 Å². The van der Waals surface area contributed by atoms with Gasteiger partial charge in [-0.1, -0.05) is 44.2 Å². The zero-order valence-electron chi connectivity index (χ0n) is 13.9. The summed E-state index contributed by atoms with van der Waals surface area (Å²) in [7, 11) is 0. The van der Waals surface area contributed by atoms with Gasteiger partial charge < -0.3 is 15.8 Å². The minimum Gasteiger partial charge on any atom is -0.489 e. The number of hydrogen-bond acceptors (Lipinski definition) is 3. The van der Waals surface area contributed by atoms with Crippen LogP contribution in [0.4, 0.5) is 5.69 Å². The molecule has 0 aliphatic rings. The molecule has 0 aliphatic carbocycles. The van der Waals surface area contributed by atoms with Gasteiger partial charge in [-0.25, -0.2) is 0 Å². The van der Waals surface area contributed by atoms with Crippen molar-refractivity contribution in [2.75, 3.05) is 5.32 Å². The lowest BCUT2D eigenvalue weighted by Crippen LogP contribution is -2.39. The highest BCUT2D eigenvalue weighted by Gasteiger charge is 2.18. The maximum absolute atomic E-state index is 12.1. The van der Waals surface area contributed by atoms with E-state index in [0.29, 0.717) is 6.61 Å². The van der Waals surface area contributed by atoms with Crippen LogP contribution >= 0.6 is 0 Å². The highest BCUT2D eigenvalue weighted by atomic mass is 16.5. The molecule has 0 aliphatic heterocycles. The third kappa shape index (κ3) is 4.57. The number of hydrogen-bond donors (Lipinski definition) is 2. The molecule has 4 nitrogen and oxygen atoms in total. The Labute approximate surface area is 137 Å². The van der Waals surface area contributed by atoms with Gasteiger partial charge in [0.15, 0.2) is 0 Å². The Bertz CT molecular complexity index is 654. The zero-order chi connectivity index (χ0) is 16.8. The summed E-state index contributed by atoms with van der Waals surface area (Å²) in [6.07, 6.45) is 0. The molecule has 4 heteroatoms. The lowest BCUT2D eigenvalue weighted by atomic mass is 10.0. The first-order chi connectivity index (χ1) is 11.0. The molecule has 122 valence electrons. The second-order valence-electron chi connectivity index (χ2n) is 5.95. The number of para-hydroxylation sites is 1. The van der Waals surface area contributed by atoms with Gasteiger partial charge in [-0.15, -0.1) is 0 Å². The zero-order valence-corrected chi connectivity index (χ0v) is 13.9. The molecule has 0 unspecified atom stereocenters. The molecule has 0 heterocycles. The van der Waals surface area contributed by atoms with Gasteiger partial charge >= 0.3 is 0 Å². The molecule has 2 rings (SSSR count). The van der Waals surface area contributed by atoms with Crippen LogP contribution in [0.15, 0.2) is 48.5 Å². The number of nitrogens with two attached hydrogens (primary N) is 1. The van der Waals surface area contributed by atoms with Crippen LogP contribution < -0.4 is 15.8 Å². The largest absolute Gasteiger partial charge is 0.489 e. The van der Waals surface area contributed by atoms with Gasteiger partial charge in [0.1, 0.15) is 12.4 Å². The van der Waals surface area contributed by atoms with Crippen LogP contribution in [0.1, 0.15) is 25.0 Å². The molecule has 3 N–H and O–H groups in total. The van der Waals surface area contributed by atoms with Crippen molar-refractivity contribution < 1.29 is 9.53 Å². The first-order valence-electron chi connectivity index (χ1n) is 7.82. The third-order valence-corrected chi connectivity index (χ3v) is 3.86. The fourth-order valence-corrected chi connectivity index (χ4v) is 2.17. The fraction of sp³-hybridized carbons (Fsp3) is 0.316. The number of ether oxygens (including phenoxy) is 1. The monoisotopic (exact) mass is 312 g/mol. The molecule has 0 fully saturated rings. The fourth-order valence-electron chi connectivity index (χ4n) is 2.17. The Balaban J connectivity index is 2.07. The number of benzene rings is 2. The lowest BCUT2D eigenvalue weighted by molar-refractivity contribution is -0.118. The first-order valence-corrected chi connectivity index (χ1v) is 7.82. The van der Waals surface area contributed by atoms with Gasteiger partial charge in [0.05, 0.1) is 6.04 Å². The minimum atomic E-state index is -0.515. The maximum Gasteiger partial charge on any atom is 0.241 e. The average molecular weight is 312 g/mol. The molecular weight excluding hydrogens is 288 g/mol. The van der Waals surface area contributed by atoms with Crippen LogP contribution in [0, 0.1) is 12.8 Å². The van der Waals surface area contributed by atoms with Crippen molar-refractivity contribution in [1.29, 1.82) is 0 Å². The van der Waals surface area contributed by atoms with E-state index >= 15 is 0 Å². The number of rotatable bonds is 6. The molecule has 0 saturated heterocycles. The summed E-state index contributed by atoms with van der Waals surface area (Å²) in [6, 6.07) is 14.9. The summed E-state index contributed by atoms with van der Waals surface area (Å²) < 4.78 is 5.78.